The van der Waals surface area contributed by atoms with Crippen LogP contribution in [-0.2, 0) is 5.54 Å². The Balaban J connectivity index is 1.26. The lowest BCUT2D eigenvalue weighted by Gasteiger charge is -2.56. The highest BCUT2D eigenvalue weighted by Crippen LogP contribution is 2.58. The third kappa shape index (κ3) is 2.42. The summed E-state index contributed by atoms with van der Waals surface area (Å²) < 4.78 is 3.63. The Morgan fingerprint density at radius 2 is 1.89 bits per heavy atom. The van der Waals surface area contributed by atoms with Gasteiger partial charge in [0.25, 0.3) is 5.91 Å². The van der Waals surface area contributed by atoms with Crippen LogP contribution in [0.15, 0.2) is 30.9 Å². The van der Waals surface area contributed by atoms with Gasteiger partial charge in [-0.15, -0.1) is 0 Å². The molecule has 0 radical (unpaired) electrons. The van der Waals surface area contributed by atoms with Gasteiger partial charge >= 0.3 is 0 Å². The first-order valence-electron chi connectivity index (χ1n) is 9.95. The number of rotatable bonds is 3. The summed E-state index contributed by atoms with van der Waals surface area (Å²) in [6.07, 6.45) is 14.9. The zero-order valence-corrected chi connectivity index (χ0v) is 16.1. The number of anilines is 1. The number of carbonyl (C=O) groups excluding carboxylic acids is 1. The van der Waals surface area contributed by atoms with Gasteiger partial charge in [-0.3, -0.25) is 9.48 Å². The molecule has 144 valence electrons. The molecule has 4 bridgehead atoms. The van der Waals surface area contributed by atoms with Crippen molar-refractivity contribution in [1.82, 2.24) is 24.4 Å². The first kappa shape index (κ1) is 16.5. The normalized spacial score (nSPS) is 30.8. The third-order valence-corrected chi connectivity index (χ3v) is 7.23. The molecule has 4 aliphatic carbocycles. The Hall–Kier alpha value is -2.41. The van der Waals surface area contributed by atoms with E-state index in [4.69, 9.17) is 11.6 Å². The summed E-state index contributed by atoms with van der Waals surface area (Å²) in [5.74, 6) is 2.19. The van der Waals surface area contributed by atoms with E-state index < -0.39 is 0 Å². The van der Waals surface area contributed by atoms with Gasteiger partial charge < -0.3 is 5.32 Å². The predicted octanol–water partition coefficient (Wildman–Crippen LogP) is 3.76. The molecule has 1 N–H and O–H groups in total. The smallest absolute Gasteiger partial charge is 0.277 e. The molecule has 4 saturated carbocycles. The van der Waals surface area contributed by atoms with Crippen LogP contribution in [0.4, 0.5) is 5.69 Å². The Morgan fingerprint density at radius 1 is 1.18 bits per heavy atom. The molecule has 8 heteroatoms. The highest BCUT2D eigenvalue weighted by molar-refractivity contribution is 6.37. The van der Waals surface area contributed by atoms with Gasteiger partial charge in [0, 0.05) is 18.6 Å². The molecular formula is C20H21ClN6O. The minimum atomic E-state index is -0.347. The van der Waals surface area contributed by atoms with Gasteiger partial charge in [-0.05, 0) is 62.3 Å². The molecule has 0 atom stereocenters. The van der Waals surface area contributed by atoms with E-state index in [-0.39, 0.29) is 22.2 Å². The zero-order valence-electron chi connectivity index (χ0n) is 15.4. The van der Waals surface area contributed by atoms with Gasteiger partial charge in [0.15, 0.2) is 11.3 Å². The lowest BCUT2D eigenvalue weighted by atomic mass is 9.53. The first-order valence-corrected chi connectivity index (χ1v) is 10.3. The molecule has 0 aromatic carbocycles. The Bertz CT molecular complexity index is 1050. The van der Waals surface area contributed by atoms with Crippen molar-refractivity contribution in [3.8, 4) is 0 Å². The molecule has 0 spiro atoms. The topological polar surface area (TPSA) is 77.1 Å². The summed E-state index contributed by atoms with van der Waals surface area (Å²) in [7, 11) is 0. The van der Waals surface area contributed by atoms with Crippen LogP contribution in [0.1, 0.15) is 49.0 Å². The fourth-order valence-corrected chi connectivity index (χ4v) is 6.45. The monoisotopic (exact) mass is 396 g/mol. The number of halogens is 1. The van der Waals surface area contributed by atoms with Crippen LogP contribution in [-0.4, -0.2) is 30.3 Å². The second kappa shape index (κ2) is 5.80. The molecule has 3 aromatic heterocycles. The van der Waals surface area contributed by atoms with Crippen molar-refractivity contribution in [2.45, 2.75) is 44.1 Å². The second-order valence-corrected chi connectivity index (χ2v) is 9.20. The summed E-state index contributed by atoms with van der Waals surface area (Å²) in [6, 6.07) is 1.74. The number of fused-ring (bicyclic) bond motifs is 1. The van der Waals surface area contributed by atoms with E-state index in [2.05, 4.69) is 25.2 Å². The van der Waals surface area contributed by atoms with E-state index in [1.807, 2.05) is 6.20 Å². The SMILES string of the molecule is O=C(Nc1cnn(C23CC4CC(CC(C4)C2)C3)c1)c1nn2cccnc2c1Cl. The second-order valence-electron chi connectivity index (χ2n) is 8.82. The Labute approximate surface area is 167 Å². The summed E-state index contributed by atoms with van der Waals surface area (Å²) in [6.45, 7) is 0. The van der Waals surface area contributed by atoms with E-state index in [0.717, 1.165) is 17.8 Å². The number of hydrogen-bond acceptors (Lipinski definition) is 4. The molecular weight excluding hydrogens is 376 g/mol. The maximum Gasteiger partial charge on any atom is 0.277 e. The molecule has 3 heterocycles. The van der Waals surface area contributed by atoms with Gasteiger partial charge in [0.2, 0.25) is 0 Å². The summed E-state index contributed by atoms with van der Waals surface area (Å²) in [5, 5.41) is 12.1. The molecule has 4 fully saturated rings. The summed E-state index contributed by atoms with van der Waals surface area (Å²) in [4.78, 5) is 16.9. The molecule has 28 heavy (non-hydrogen) atoms. The average molecular weight is 397 g/mol. The molecule has 7 nitrogen and oxygen atoms in total. The maximum absolute atomic E-state index is 12.7. The number of aromatic nitrogens is 5. The Kier molecular flexibility index (Phi) is 3.42. The van der Waals surface area contributed by atoms with E-state index >= 15 is 0 Å². The third-order valence-electron chi connectivity index (χ3n) is 6.89. The lowest BCUT2D eigenvalue weighted by Crippen LogP contribution is -2.52. The van der Waals surface area contributed by atoms with E-state index in [0.29, 0.717) is 11.3 Å². The van der Waals surface area contributed by atoms with Gasteiger partial charge in [-0.25, -0.2) is 9.50 Å². The predicted molar refractivity (Wildman–Crippen MR) is 104 cm³/mol. The van der Waals surface area contributed by atoms with Crippen LogP contribution in [0, 0.1) is 17.8 Å². The largest absolute Gasteiger partial charge is 0.318 e. The standard InChI is InChI=1S/C20H21ClN6O/c21-16-17(25-26-3-1-2-22-18(16)26)19(28)24-15-10-23-27(11-15)20-7-12-4-13(8-20)6-14(5-12)9-20/h1-3,10-14H,4-9H2,(H,24,28). The van der Waals surface area contributed by atoms with Gasteiger partial charge in [-0.2, -0.15) is 10.2 Å². The van der Waals surface area contributed by atoms with Crippen LogP contribution in [0.25, 0.3) is 5.65 Å². The number of hydrogen-bond donors (Lipinski definition) is 1. The van der Waals surface area contributed by atoms with Crippen LogP contribution in [0.5, 0.6) is 0 Å². The van der Waals surface area contributed by atoms with E-state index in [9.17, 15) is 4.79 Å². The Morgan fingerprint density at radius 3 is 2.57 bits per heavy atom. The van der Waals surface area contributed by atoms with Crippen molar-refractivity contribution in [3.05, 3.63) is 41.6 Å². The number of nitrogens with one attached hydrogen (secondary N) is 1. The minimum Gasteiger partial charge on any atom is -0.318 e. The minimum absolute atomic E-state index is 0.141. The van der Waals surface area contributed by atoms with Crippen LogP contribution in [0.3, 0.4) is 0 Å². The fourth-order valence-electron chi connectivity index (χ4n) is 6.19. The molecule has 1 amide bonds. The highest BCUT2D eigenvalue weighted by atomic mass is 35.5. The van der Waals surface area contributed by atoms with Crippen LogP contribution < -0.4 is 5.32 Å². The highest BCUT2D eigenvalue weighted by Gasteiger charge is 2.52. The fraction of sp³-hybridized carbons (Fsp3) is 0.500. The quantitative estimate of drug-likeness (QED) is 0.731. The first-order chi connectivity index (χ1) is 13.6. The van der Waals surface area contributed by atoms with Crippen molar-refractivity contribution in [2.75, 3.05) is 5.32 Å². The molecule has 7 rings (SSSR count). The van der Waals surface area contributed by atoms with Gasteiger partial charge in [-0.1, -0.05) is 11.6 Å². The lowest BCUT2D eigenvalue weighted by molar-refractivity contribution is -0.0493. The summed E-state index contributed by atoms with van der Waals surface area (Å²) in [5.41, 5.74) is 1.46. The van der Waals surface area contributed by atoms with Gasteiger partial charge in [0.1, 0.15) is 5.02 Å². The van der Waals surface area contributed by atoms with Crippen LogP contribution in [0.2, 0.25) is 5.02 Å². The van der Waals surface area contributed by atoms with Crippen molar-refractivity contribution in [2.24, 2.45) is 17.8 Å². The molecule has 3 aromatic rings. The zero-order chi connectivity index (χ0) is 18.9. The number of carbonyl (C=O) groups is 1. The molecule has 0 aliphatic heterocycles. The van der Waals surface area contributed by atoms with Crippen molar-refractivity contribution in [3.63, 3.8) is 0 Å². The van der Waals surface area contributed by atoms with E-state index in [1.165, 1.54) is 43.0 Å². The van der Waals surface area contributed by atoms with Gasteiger partial charge in [0.05, 0.1) is 17.4 Å². The average Bonchev–Trinajstić information content (AvgIpc) is 3.26. The number of amides is 1. The molecule has 0 unspecified atom stereocenters. The molecule has 4 aliphatic rings. The maximum atomic E-state index is 12.7. The van der Waals surface area contributed by atoms with Crippen molar-refractivity contribution in [1.29, 1.82) is 0 Å². The van der Waals surface area contributed by atoms with Crippen molar-refractivity contribution >= 4 is 28.8 Å². The van der Waals surface area contributed by atoms with Crippen LogP contribution >= 0.6 is 11.6 Å². The number of nitrogens with zero attached hydrogens (tertiary/aromatic N) is 5. The molecule has 0 saturated heterocycles. The summed E-state index contributed by atoms with van der Waals surface area (Å²) >= 11 is 6.31. The van der Waals surface area contributed by atoms with Crippen molar-refractivity contribution < 1.29 is 4.79 Å². The van der Waals surface area contributed by atoms with E-state index in [1.54, 1.807) is 24.7 Å².